The van der Waals surface area contributed by atoms with Crippen molar-refractivity contribution >= 4 is 40.4 Å². The van der Waals surface area contributed by atoms with Crippen LogP contribution in [-0.4, -0.2) is 10.9 Å². The van der Waals surface area contributed by atoms with Crippen LogP contribution in [0.2, 0.25) is 5.02 Å². The van der Waals surface area contributed by atoms with Crippen molar-refractivity contribution in [2.45, 2.75) is 6.42 Å². The van der Waals surface area contributed by atoms with E-state index >= 15 is 0 Å². The van der Waals surface area contributed by atoms with Gasteiger partial charge >= 0.3 is 0 Å². The van der Waals surface area contributed by atoms with Gasteiger partial charge in [0.05, 0.1) is 4.99 Å². The summed E-state index contributed by atoms with van der Waals surface area (Å²) < 4.78 is 0. The van der Waals surface area contributed by atoms with E-state index in [1.807, 2.05) is 12.1 Å². The summed E-state index contributed by atoms with van der Waals surface area (Å²) >= 11 is 10.7. The number of carbonyl (C=O) groups is 1. The van der Waals surface area contributed by atoms with Crippen molar-refractivity contribution in [1.82, 2.24) is 0 Å². The molecule has 2 rings (SSSR count). The molecule has 1 amide bonds. The number of hydrogen-bond donors (Lipinski definition) is 2. The van der Waals surface area contributed by atoms with Gasteiger partial charge in [-0.05, 0) is 35.9 Å². The highest BCUT2D eigenvalue weighted by molar-refractivity contribution is 7.80. The molecule has 3 nitrogen and oxygen atoms in total. The van der Waals surface area contributed by atoms with Gasteiger partial charge in [-0.2, -0.15) is 0 Å². The minimum absolute atomic E-state index is 0.186. The van der Waals surface area contributed by atoms with Crippen LogP contribution in [0.3, 0.4) is 0 Å². The molecule has 0 bridgehead atoms. The number of halogens is 1. The number of carbonyl (C=O) groups excluding carboxylic acids is 1. The molecular formula is C15H13ClN2OS. The van der Waals surface area contributed by atoms with Gasteiger partial charge in [0.25, 0.3) is 5.91 Å². The first-order valence-corrected chi connectivity index (χ1v) is 6.77. The average molecular weight is 305 g/mol. The summed E-state index contributed by atoms with van der Waals surface area (Å²) in [5.41, 5.74) is 7.69. The maximum atomic E-state index is 12.1. The van der Waals surface area contributed by atoms with Crippen LogP contribution in [0, 0.1) is 0 Å². The second-order valence-corrected chi connectivity index (χ2v) is 5.27. The number of nitrogens with two attached hydrogens (primary N) is 1. The Morgan fingerprint density at radius 1 is 1.20 bits per heavy atom. The Balaban J connectivity index is 2.07. The first kappa shape index (κ1) is 14.5. The quantitative estimate of drug-likeness (QED) is 0.851. The van der Waals surface area contributed by atoms with Gasteiger partial charge in [-0.1, -0.05) is 42.0 Å². The van der Waals surface area contributed by atoms with Gasteiger partial charge in [0.15, 0.2) is 0 Å². The largest absolute Gasteiger partial charge is 0.393 e. The number of anilines is 1. The molecule has 0 saturated carbocycles. The molecule has 0 aromatic heterocycles. The smallest absolute Gasteiger partial charge is 0.255 e. The lowest BCUT2D eigenvalue weighted by molar-refractivity contribution is 0.102. The zero-order valence-corrected chi connectivity index (χ0v) is 12.2. The fourth-order valence-corrected chi connectivity index (χ4v) is 2.10. The summed E-state index contributed by atoms with van der Waals surface area (Å²) in [4.78, 5) is 12.5. The highest BCUT2D eigenvalue weighted by atomic mass is 35.5. The minimum atomic E-state index is -0.186. The average Bonchev–Trinajstić information content (AvgIpc) is 2.38. The molecule has 0 aliphatic carbocycles. The molecule has 0 spiro atoms. The standard InChI is InChI=1S/C15H13ClN2OS/c16-12-2-1-3-13(9-12)18-15(19)11-6-4-10(5-7-11)8-14(17)20/h1-7,9H,8H2,(H2,17,20)(H,18,19). The van der Waals surface area contributed by atoms with E-state index in [1.165, 1.54) is 0 Å². The van der Waals surface area contributed by atoms with E-state index in [1.54, 1.807) is 36.4 Å². The lowest BCUT2D eigenvalue weighted by Gasteiger charge is -2.06. The van der Waals surface area contributed by atoms with E-state index in [4.69, 9.17) is 29.6 Å². The Morgan fingerprint density at radius 2 is 1.90 bits per heavy atom. The van der Waals surface area contributed by atoms with Crippen molar-refractivity contribution in [2.75, 3.05) is 5.32 Å². The summed E-state index contributed by atoms with van der Waals surface area (Å²) in [6, 6.07) is 14.2. The van der Waals surface area contributed by atoms with Crippen LogP contribution >= 0.6 is 23.8 Å². The number of nitrogens with one attached hydrogen (secondary N) is 1. The van der Waals surface area contributed by atoms with E-state index < -0.39 is 0 Å². The van der Waals surface area contributed by atoms with E-state index in [2.05, 4.69) is 5.32 Å². The number of thiocarbonyl (C=S) groups is 1. The van der Waals surface area contributed by atoms with Crippen LogP contribution in [0.1, 0.15) is 15.9 Å². The number of amides is 1. The number of benzene rings is 2. The molecule has 3 N–H and O–H groups in total. The third-order valence-corrected chi connectivity index (χ3v) is 3.06. The summed E-state index contributed by atoms with van der Waals surface area (Å²) in [5.74, 6) is -0.186. The van der Waals surface area contributed by atoms with Gasteiger partial charge in [0.2, 0.25) is 0 Å². The molecule has 2 aromatic carbocycles. The predicted molar refractivity (Wildman–Crippen MR) is 86.3 cm³/mol. The third-order valence-electron chi connectivity index (χ3n) is 2.68. The van der Waals surface area contributed by atoms with Crippen LogP contribution in [0.4, 0.5) is 5.69 Å². The third kappa shape index (κ3) is 4.05. The van der Waals surface area contributed by atoms with E-state index in [0.717, 1.165) is 5.56 Å². The zero-order valence-electron chi connectivity index (χ0n) is 10.6. The molecule has 0 radical (unpaired) electrons. The van der Waals surface area contributed by atoms with Gasteiger partial charge in [0.1, 0.15) is 0 Å². The Kier molecular flexibility index (Phi) is 4.71. The first-order chi connectivity index (χ1) is 9.54. The SMILES string of the molecule is NC(=S)Cc1ccc(C(=O)Nc2cccc(Cl)c2)cc1. The van der Waals surface area contributed by atoms with Crippen LogP contribution in [0.25, 0.3) is 0 Å². The normalized spacial score (nSPS) is 10.1. The molecule has 0 aliphatic rings. The first-order valence-electron chi connectivity index (χ1n) is 5.99. The molecule has 20 heavy (non-hydrogen) atoms. The Hall–Kier alpha value is -1.91. The summed E-state index contributed by atoms with van der Waals surface area (Å²) in [5, 5.41) is 3.36. The van der Waals surface area contributed by atoms with Crippen molar-refractivity contribution in [2.24, 2.45) is 5.73 Å². The molecule has 2 aromatic rings. The maximum Gasteiger partial charge on any atom is 0.255 e. The summed E-state index contributed by atoms with van der Waals surface area (Å²) in [6.07, 6.45) is 0.533. The highest BCUT2D eigenvalue weighted by Gasteiger charge is 2.06. The lowest BCUT2D eigenvalue weighted by atomic mass is 10.1. The van der Waals surface area contributed by atoms with Crippen LogP contribution in [-0.2, 0) is 6.42 Å². The highest BCUT2D eigenvalue weighted by Crippen LogP contribution is 2.16. The fraction of sp³-hybridized carbons (Fsp3) is 0.0667. The lowest BCUT2D eigenvalue weighted by Crippen LogP contribution is -2.13. The predicted octanol–water partition coefficient (Wildman–Crippen LogP) is 3.42. The second-order valence-electron chi connectivity index (χ2n) is 4.30. The molecule has 0 unspecified atom stereocenters. The van der Waals surface area contributed by atoms with Crippen LogP contribution in [0.15, 0.2) is 48.5 Å². The van der Waals surface area contributed by atoms with Crippen molar-refractivity contribution in [3.8, 4) is 0 Å². The minimum Gasteiger partial charge on any atom is -0.393 e. The molecular weight excluding hydrogens is 292 g/mol. The molecule has 0 saturated heterocycles. The van der Waals surface area contributed by atoms with E-state index in [9.17, 15) is 4.79 Å². The Morgan fingerprint density at radius 3 is 2.50 bits per heavy atom. The van der Waals surface area contributed by atoms with Gasteiger partial charge in [0, 0.05) is 22.7 Å². The molecule has 0 aliphatic heterocycles. The van der Waals surface area contributed by atoms with Gasteiger partial charge in [-0.3, -0.25) is 4.79 Å². The topological polar surface area (TPSA) is 55.1 Å². The van der Waals surface area contributed by atoms with Crippen molar-refractivity contribution in [3.63, 3.8) is 0 Å². The molecule has 102 valence electrons. The van der Waals surface area contributed by atoms with Crippen molar-refractivity contribution in [1.29, 1.82) is 0 Å². The zero-order chi connectivity index (χ0) is 14.5. The second kappa shape index (κ2) is 6.50. The number of rotatable bonds is 4. The van der Waals surface area contributed by atoms with E-state index in [-0.39, 0.29) is 5.91 Å². The Bertz CT molecular complexity index is 641. The summed E-state index contributed by atoms with van der Waals surface area (Å²) in [6.45, 7) is 0. The Labute approximate surface area is 127 Å². The van der Waals surface area contributed by atoms with Crippen LogP contribution < -0.4 is 11.1 Å². The number of hydrogen-bond acceptors (Lipinski definition) is 2. The van der Waals surface area contributed by atoms with Gasteiger partial charge in [-0.15, -0.1) is 0 Å². The molecule has 5 heteroatoms. The monoisotopic (exact) mass is 304 g/mol. The maximum absolute atomic E-state index is 12.1. The molecule has 0 atom stereocenters. The molecule has 0 heterocycles. The fourth-order valence-electron chi connectivity index (χ4n) is 1.74. The van der Waals surface area contributed by atoms with Crippen molar-refractivity contribution in [3.05, 3.63) is 64.7 Å². The van der Waals surface area contributed by atoms with Gasteiger partial charge < -0.3 is 11.1 Å². The van der Waals surface area contributed by atoms with Gasteiger partial charge in [-0.25, -0.2) is 0 Å². The van der Waals surface area contributed by atoms with Crippen molar-refractivity contribution < 1.29 is 4.79 Å². The van der Waals surface area contributed by atoms with Crippen LogP contribution in [0.5, 0.6) is 0 Å². The molecule has 0 fully saturated rings. The van der Waals surface area contributed by atoms with E-state index in [0.29, 0.717) is 27.7 Å². The summed E-state index contributed by atoms with van der Waals surface area (Å²) in [7, 11) is 0.